The van der Waals surface area contributed by atoms with Crippen LogP contribution in [0, 0.1) is 0 Å². The number of thiophene rings is 1. The van der Waals surface area contributed by atoms with Crippen molar-refractivity contribution in [2.24, 2.45) is 0 Å². The minimum atomic E-state index is -0.153. The van der Waals surface area contributed by atoms with Gasteiger partial charge >= 0.3 is 0 Å². The number of nitrogens with zero attached hydrogens (tertiary/aromatic N) is 5. The predicted octanol–water partition coefficient (Wildman–Crippen LogP) is 12.4. The van der Waals surface area contributed by atoms with E-state index in [4.69, 9.17) is 15.0 Å². The van der Waals surface area contributed by atoms with Gasteiger partial charge in [-0.05, 0) is 64.7 Å². The smallest absolute Gasteiger partial charge is 0.240 e. The van der Waals surface area contributed by atoms with Crippen molar-refractivity contribution in [2.75, 3.05) is 0 Å². The lowest BCUT2D eigenvalue weighted by Crippen LogP contribution is -2.15. The molecule has 4 heterocycles. The van der Waals surface area contributed by atoms with Crippen LogP contribution in [0.3, 0.4) is 0 Å². The summed E-state index contributed by atoms with van der Waals surface area (Å²) in [6.45, 7) is 4.67. The molecule has 54 heavy (non-hydrogen) atoms. The second-order valence-corrected chi connectivity index (χ2v) is 16.0. The van der Waals surface area contributed by atoms with Crippen LogP contribution in [0.1, 0.15) is 25.0 Å². The third kappa shape index (κ3) is 4.00. The fourth-order valence-corrected chi connectivity index (χ4v) is 10.2. The summed E-state index contributed by atoms with van der Waals surface area (Å²) in [5.74, 6) is 1.81. The normalized spacial score (nSPS) is 13.5. The van der Waals surface area contributed by atoms with E-state index >= 15 is 0 Å². The Morgan fingerprint density at radius 2 is 0.981 bits per heavy atom. The van der Waals surface area contributed by atoms with E-state index in [1.807, 2.05) is 0 Å². The van der Waals surface area contributed by atoms with Crippen LogP contribution in [0.2, 0.25) is 0 Å². The summed E-state index contributed by atoms with van der Waals surface area (Å²) < 4.78 is 6.94. The topological polar surface area (TPSA) is 48.5 Å². The summed E-state index contributed by atoms with van der Waals surface area (Å²) in [6.07, 6.45) is 0. The van der Waals surface area contributed by atoms with Gasteiger partial charge in [-0.2, -0.15) is 15.0 Å². The van der Waals surface area contributed by atoms with Gasteiger partial charge in [0.05, 0.1) is 22.1 Å². The molecule has 7 aromatic carbocycles. The van der Waals surface area contributed by atoms with Gasteiger partial charge in [0.15, 0.2) is 5.82 Å². The molecule has 4 aromatic heterocycles. The van der Waals surface area contributed by atoms with Gasteiger partial charge in [-0.3, -0.25) is 9.13 Å². The zero-order valence-electron chi connectivity index (χ0n) is 29.6. The number of fused-ring (bicyclic) bond motifs is 12. The van der Waals surface area contributed by atoms with Crippen LogP contribution in [0.4, 0.5) is 0 Å². The van der Waals surface area contributed by atoms with E-state index in [0.717, 1.165) is 38.4 Å². The van der Waals surface area contributed by atoms with Gasteiger partial charge in [-0.1, -0.05) is 123 Å². The van der Waals surface area contributed by atoms with Crippen molar-refractivity contribution in [3.8, 4) is 34.4 Å². The molecule has 0 N–H and O–H groups in total. The molecule has 0 saturated heterocycles. The third-order valence-electron chi connectivity index (χ3n) is 11.6. The maximum Gasteiger partial charge on any atom is 0.240 e. The zero-order chi connectivity index (χ0) is 35.7. The van der Waals surface area contributed by atoms with Crippen molar-refractivity contribution in [3.05, 3.63) is 163 Å². The van der Waals surface area contributed by atoms with Crippen molar-refractivity contribution >= 4 is 75.1 Å². The maximum atomic E-state index is 5.42. The molecule has 254 valence electrons. The maximum absolute atomic E-state index is 5.42. The van der Waals surface area contributed by atoms with Crippen molar-refractivity contribution in [1.29, 1.82) is 0 Å². The average Bonchev–Trinajstić information content (AvgIpc) is 3.92. The van der Waals surface area contributed by atoms with Crippen molar-refractivity contribution in [2.45, 2.75) is 19.3 Å². The molecule has 0 unspecified atom stereocenters. The first kappa shape index (κ1) is 29.9. The molecular formula is C48H31N5S. The molecule has 6 heteroatoms. The van der Waals surface area contributed by atoms with Gasteiger partial charge < -0.3 is 0 Å². The first-order valence-electron chi connectivity index (χ1n) is 18.4. The van der Waals surface area contributed by atoms with Crippen LogP contribution in [0.15, 0.2) is 152 Å². The van der Waals surface area contributed by atoms with E-state index in [0.29, 0.717) is 17.7 Å². The fourth-order valence-electron chi connectivity index (χ4n) is 9.06. The monoisotopic (exact) mass is 709 g/mol. The van der Waals surface area contributed by atoms with E-state index < -0.39 is 0 Å². The summed E-state index contributed by atoms with van der Waals surface area (Å²) in [5.41, 5.74) is 10.3. The quantitative estimate of drug-likeness (QED) is 0.183. The van der Waals surface area contributed by atoms with Crippen molar-refractivity contribution in [3.63, 3.8) is 0 Å². The summed E-state index contributed by atoms with van der Waals surface area (Å²) in [7, 11) is 0. The van der Waals surface area contributed by atoms with Gasteiger partial charge in [-0.25, -0.2) is 0 Å². The number of aromatic nitrogens is 5. The molecule has 0 fully saturated rings. The summed E-state index contributed by atoms with van der Waals surface area (Å²) >= 11 is 1.81. The summed E-state index contributed by atoms with van der Waals surface area (Å²) in [5, 5.41) is 7.20. The molecular weight excluding hydrogens is 679 g/mol. The highest BCUT2D eigenvalue weighted by Crippen LogP contribution is 2.51. The molecule has 0 aliphatic heterocycles. The lowest BCUT2D eigenvalue weighted by atomic mass is 9.82. The fraction of sp³-hybridized carbons (Fsp3) is 0.0625. The second-order valence-electron chi connectivity index (χ2n) is 14.9. The summed E-state index contributed by atoms with van der Waals surface area (Å²) in [6, 6.07) is 54.5. The van der Waals surface area contributed by atoms with Crippen molar-refractivity contribution in [1.82, 2.24) is 24.1 Å². The molecule has 0 atom stereocenters. The lowest BCUT2D eigenvalue weighted by molar-refractivity contribution is 0.661. The van der Waals surface area contributed by atoms with Crippen LogP contribution in [-0.4, -0.2) is 24.1 Å². The minimum absolute atomic E-state index is 0.153. The van der Waals surface area contributed by atoms with Crippen molar-refractivity contribution < 1.29 is 0 Å². The van der Waals surface area contributed by atoms with E-state index in [1.54, 1.807) is 11.3 Å². The Balaban J connectivity index is 1.18. The molecule has 1 aliphatic carbocycles. The first-order valence-corrected chi connectivity index (χ1v) is 19.2. The Labute approximate surface area is 314 Å². The molecule has 0 radical (unpaired) electrons. The standard InChI is InChI=1S/C48H31N5S/c1-48(2)37-18-8-3-13-29(37)35-26-36-32-16-6-11-21-41(32)53(42(36)27-38(35)48)47-50-45(28-23-24-34-33-17-7-12-22-43(33)54-44(34)25-28)49-46(51-47)52-39-19-9-4-14-30(39)31-15-5-10-20-40(31)52/h3-27H,1-2H3. The van der Waals surface area contributed by atoms with Crippen LogP contribution in [-0.2, 0) is 5.41 Å². The highest BCUT2D eigenvalue weighted by molar-refractivity contribution is 7.25. The Hall–Kier alpha value is -6.63. The molecule has 5 nitrogen and oxygen atoms in total. The third-order valence-corrected chi connectivity index (χ3v) is 12.7. The van der Waals surface area contributed by atoms with Gasteiger partial charge in [0, 0.05) is 52.7 Å². The van der Waals surface area contributed by atoms with E-state index in [9.17, 15) is 0 Å². The highest BCUT2D eigenvalue weighted by atomic mass is 32.1. The number of rotatable bonds is 3. The van der Waals surface area contributed by atoms with Gasteiger partial charge in [0.1, 0.15) is 0 Å². The molecule has 0 saturated carbocycles. The molecule has 0 amide bonds. The lowest BCUT2D eigenvalue weighted by Gasteiger charge is -2.21. The Bertz CT molecular complexity index is 3330. The van der Waals surface area contributed by atoms with Crippen LogP contribution < -0.4 is 0 Å². The first-order chi connectivity index (χ1) is 26.5. The molecule has 1 aliphatic rings. The highest BCUT2D eigenvalue weighted by Gasteiger charge is 2.36. The van der Waals surface area contributed by atoms with Crippen LogP contribution in [0.25, 0.3) is 98.2 Å². The molecule has 11 aromatic rings. The number of hydrogen-bond donors (Lipinski definition) is 0. The minimum Gasteiger partial charge on any atom is -0.278 e. The SMILES string of the molecule is CC1(C)c2ccccc2-c2cc3c4ccccc4n(-c4nc(-c5ccc6c(c5)sc5ccccc56)nc(-n5c6ccccc6c6ccccc65)n4)c3cc21. The van der Waals surface area contributed by atoms with E-state index in [1.165, 1.54) is 53.2 Å². The second kappa shape index (κ2) is 10.7. The molecule has 0 spiro atoms. The van der Waals surface area contributed by atoms with E-state index in [2.05, 4.69) is 175 Å². The van der Waals surface area contributed by atoms with E-state index in [-0.39, 0.29) is 5.41 Å². The number of benzene rings is 7. The largest absolute Gasteiger partial charge is 0.278 e. The Kier molecular flexibility index (Phi) is 5.93. The zero-order valence-corrected chi connectivity index (χ0v) is 30.4. The van der Waals surface area contributed by atoms with Gasteiger partial charge in [0.2, 0.25) is 11.9 Å². The number of para-hydroxylation sites is 3. The van der Waals surface area contributed by atoms with Gasteiger partial charge in [0.25, 0.3) is 0 Å². The van der Waals surface area contributed by atoms with Crippen LogP contribution >= 0.6 is 11.3 Å². The molecule has 0 bridgehead atoms. The number of hydrogen-bond acceptors (Lipinski definition) is 4. The Morgan fingerprint density at radius 1 is 0.426 bits per heavy atom. The predicted molar refractivity (Wildman–Crippen MR) is 224 cm³/mol. The van der Waals surface area contributed by atoms with Gasteiger partial charge in [-0.15, -0.1) is 11.3 Å². The molecule has 12 rings (SSSR count). The average molecular weight is 710 g/mol. The Morgan fingerprint density at radius 3 is 1.69 bits per heavy atom. The summed E-state index contributed by atoms with van der Waals surface area (Å²) in [4.78, 5) is 16.1. The van der Waals surface area contributed by atoms with Crippen LogP contribution in [0.5, 0.6) is 0 Å².